The number of phenols is 1. The molecule has 0 amide bonds. The molecule has 2 aromatic rings. The smallest absolute Gasteiger partial charge is 0.115 e. The topological polar surface area (TPSA) is 23.5 Å². The molecule has 2 nitrogen and oxygen atoms in total. The predicted molar refractivity (Wildman–Crippen MR) is 85.7 cm³/mol. The van der Waals surface area contributed by atoms with Crippen LogP contribution in [0.5, 0.6) is 5.75 Å². The third kappa shape index (κ3) is 2.49. The van der Waals surface area contributed by atoms with Gasteiger partial charge in [-0.25, -0.2) is 0 Å². The first-order chi connectivity index (χ1) is 9.29. The summed E-state index contributed by atoms with van der Waals surface area (Å²) in [5.74, 6) is 0.328. The zero-order valence-electron chi connectivity index (χ0n) is 10.6. The van der Waals surface area contributed by atoms with Gasteiger partial charge in [-0.05, 0) is 35.2 Å². The van der Waals surface area contributed by atoms with Gasteiger partial charge in [0, 0.05) is 6.54 Å². The highest BCUT2D eigenvalue weighted by atomic mass is 127. The lowest BCUT2D eigenvalue weighted by atomic mass is 9.88. The molecule has 1 unspecified atom stereocenters. The SMILES string of the molecule is Oc1ccc(C2c3ccccc3CCN2CI)cc1. The maximum Gasteiger partial charge on any atom is 0.115 e. The molecule has 0 saturated heterocycles. The highest BCUT2D eigenvalue weighted by Gasteiger charge is 2.27. The lowest BCUT2D eigenvalue weighted by molar-refractivity contribution is 0.259. The van der Waals surface area contributed by atoms with Crippen molar-refractivity contribution in [3.8, 4) is 5.75 Å². The number of nitrogens with zero attached hydrogens (tertiary/aromatic N) is 1. The van der Waals surface area contributed by atoms with Crippen LogP contribution in [0.2, 0.25) is 0 Å². The van der Waals surface area contributed by atoms with Crippen molar-refractivity contribution in [1.29, 1.82) is 0 Å². The molecule has 1 aliphatic rings. The van der Waals surface area contributed by atoms with Crippen LogP contribution in [0.3, 0.4) is 0 Å². The number of rotatable bonds is 2. The third-order valence-corrected chi connectivity index (χ3v) is 4.62. The quantitative estimate of drug-likeness (QED) is 0.498. The average molecular weight is 365 g/mol. The van der Waals surface area contributed by atoms with Crippen molar-refractivity contribution in [2.75, 3.05) is 11.1 Å². The summed E-state index contributed by atoms with van der Waals surface area (Å²) in [6.07, 6.45) is 1.12. The zero-order chi connectivity index (χ0) is 13.2. The predicted octanol–water partition coefficient (Wildman–Crippen LogP) is 3.73. The Kier molecular flexibility index (Phi) is 3.75. The highest BCUT2D eigenvalue weighted by Crippen LogP contribution is 2.35. The molecular formula is C16H16INO. The van der Waals surface area contributed by atoms with Gasteiger partial charge in [0.05, 0.1) is 10.6 Å². The molecule has 3 heteroatoms. The standard InChI is InChI=1S/C16H16INO/c17-11-18-10-9-12-3-1-2-4-15(12)16(18)13-5-7-14(19)8-6-13/h1-8,16,19H,9-11H2. The lowest BCUT2D eigenvalue weighted by Crippen LogP contribution is -2.35. The molecule has 2 aromatic carbocycles. The van der Waals surface area contributed by atoms with Gasteiger partial charge in [-0.15, -0.1) is 0 Å². The molecule has 1 N–H and O–H groups in total. The van der Waals surface area contributed by atoms with Gasteiger partial charge in [0.15, 0.2) is 0 Å². The first-order valence-corrected chi connectivity index (χ1v) is 7.99. The molecule has 0 bridgehead atoms. The van der Waals surface area contributed by atoms with E-state index in [9.17, 15) is 5.11 Å². The number of hydrogen-bond donors (Lipinski definition) is 1. The first-order valence-electron chi connectivity index (χ1n) is 6.46. The molecule has 0 radical (unpaired) electrons. The number of hydrogen-bond acceptors (Lipinski definition) is 2. The summed E-state index contributed by atoms with van der Waals surface area (Å²) < 4.78 is 1.01. The molecule has 19 heavy (non-hydrogen) atoms. The second-order valence-electron chi connectivity index (χ2n) is 4.87. The van der Waals surface area contributed by atoms with Crippen molar-refractivity contribution in [2.45, 2.75) is 12.5 Å². The second-order valence-corrected chi connectivity index (χ2v) is 5.56. The van der Waals surface area contributed by atoms with Crippen molar-refractivity contribution in [2.24, 2.45) is 0 Å². The molecule has 1 atom stereocenters. The Balaban J connectivity index is 2.07. The number of benzene rings is 2. The average Bonchev–Trinajstić information content (AvgIpc) is 2.47. The van der Waals surface area contributed by atoms with Gasteiger partial charge in [0.2, 0.25) is 0 Å². The van der Waals surface area contributed by atoms with E-state index >= 15 is 0 Å². The van der Waals surface area contributed by atoms with Gasteiger partial charge in [0.1, 0.15) is 5.75 Å². The molecule has 98 valence electrons. The van der Waals surface area contributed by atoms with Crippen LogP contribution < -0.4 is 0 Å². The van der Waals surface area contributed by atoms with E-state index in [0.29, 0.717) is 11.8 Å². The Labute approximate surface area is 127 Å². The van der Waals surface area contributed by atoms with Gasteiger partial charge >= 0.3 is 0 Å². The monoisotopic (exact) mass is 365 g/mol. The lowest BCUT2D eigenvalue weighted by Gasteiger charge is -2.36. The Morgan fingerprint density at radius 1 is 1.11 bits per heavy atom. The van der Waals surface area contributed by atoms with E-state index in [4.69, 9.17) is 0 Å². The minimum atomic E-state index is 0.308. The number of halogens is 1. The van der Waals surface area contributed by atoms with Crippen molar-refractivity contribution in [3.05, 3.63) is 65.2 Å². The van der Waals surface area contributed by atoms with Crippen LogP contribution in [-0.2, 0) is 6.42 Å². The van der Waals surface area contributed by atoms with Crippen LogP contribution in [0, 0.1) is 0 Å². The molecule has 1 aliphatic heterocycles. The van der Waals surface area contributed by atoms with E-state index in [2.05, 4.69) is 51.8 Å². The number of phenolic OH excluding ortho intramolecular Hbond substituents is 1. The molecule has 0 saturated carbocycles. The highest BCUT2D eigenvalue weighted by molar-refractivity contribution is 14.1. The van der Waals surface area contributed by atoms with Gasteiger partial charge < -0.3 is 5.11 Å². The van der Waals surface area contributed by atoms with E-state index < -0.39 is 0 Å². The molecule has 0 aromatic heterocycles. The minimum absolute atomic E-state index is 0.308. The van der Waals surface area contributed by atoms with Crippen LogP contribution in [0.4, 0.5) is 0 Å². The fraction of sp³-hybridized carbons (Fsp3) is 0.250. The largest absolute Gasteiger partial charge is 0.508 e. The summed E-state index contributed by atoms with van der Waals surface area (Å²) in [6.45, 7) is 1.09. The molecule has 1 heterocycles. The van der Waals surface area contributed by atoms with Gasteiger partial charge in [0.25, 0.3) is 0 Å². The molecule has 0 fully saturated rings. The van der Waals surface area contributed by atoms with Crippen molar-refractivity contribution >= 4 is 22.6 Å². The molecule has 0 aliphatic carbocycles. The van der Waals surface area contributed by atoms with Gasteiger partial charge in [-0.1, -0.05) is 59.0 Å². The fourth-order valence-corrected chi connectivity index (χ4v) is 3.53. The molecule has 3 rings (SSSR count). The Morgan fingerprint density at radius 3 is 2.58 bits per heavy atom. The number of aromatic hydroxyl groups is 1. The fourth-order valence-electron chi connectivity index (χ4n) is 2.79. The van der Waals surface area contributed by atoms with Crippen LogP contribution >= 0.6 is 22.6 Å². The van der Waals surface area contributed by atoms with E-state index in [0.717, 1.165) is 17.5 Å². The third-order valence-electron chi connectivity index (χ3n) is 3.75. The summed E-state index contributed by atoms with van der Waals surface area (Å²) in [5.41, 5.74) is 4.10. The maximum atomic E-state index is 9.46. The van der Waals surface area contributed by atoms with Crippen LogP contribution in [0.15, 0.2) is 48.5 Å². The summed E-state index contributed by atoms with van der Waals surface area (Å²) in [4.78, 5) is 2.48. The van der Waals surface area contributed by atoms with E-state index in [-0.39, 0.29) is 0 Å². The molecule has 0 spiro atoms. The first kappa shape index (κ1) is 12.9. The van der Waals surface area contributed by atoms with Crippen molar-refractivity contribution in [1.82, 2.24) is 4.90 Å². The van der Waals surface area contributed by atoms with E-state index in [1.807, 2.05) is 12.1 Å². The summed E-state index contributed by atoms with van der Waals surface area (Å²) in [5, 5.41) is 9.46. The van der Waals surface area contributed by atoms with Crippen LogP contribution in [0.1, 0.15) is 22.7 Å². The summed E-state index contributed by atoms with van der Waals surface area (Å²) in [6, 6.07) is 16.6. The maximum absolute atomic E-state index is 9.46. The van der Waals surface area contributed by atoms with E-state index in [1.54, 1.807) is 12.1 Å². The molecular weight excluding hydrogens is 349 g/mol. The zero-order valence-corrected chi connectivity index (χ0v) is 12.7. The van der Waals surface area contributed by atoms with E-state index in [1.165, 1.54) is 16.7 Å². The van der Waals surface area contributed by atoms with Crippen LogP contribution in [0.25, 0.3) is 0 Å². The van der Waals surface area contributed by atoms with Crippen LogP contribution in [-0.4, -0.2) is 21.1 Å². The van der Waals surface area contributed by atoms with Gasteiger partial charge in [-0.2, -0.15) is 0 Å². The van der Waals surface area contributed by atoms with Crippen molar-refractivity contribution < 1.29 is 5.11 Å². The number of alkyl halides is 1. The normalized spacial score (nSPS) is 19.1. The minimum Gasteiger partial charge on any atom is -0.508 e. The second kappa shape index (κ2) is 5.51. The Hall–Kier alpha value is -1.07. The summed E-state index contributed by atoms with van der Waals surface area (Å²) in [7, 11) is 0. The summed E-state index contributed by atoms with van der Waals surface area (Å²) >= 11 is 2.43. The number of fused-ring (bicyclic) bond motifs is 1. The van der Waals surface area contributed by atoms with Gasteiger partial charge in [-0.3, -0.25) is 4.90 Å². The Morgan fingerprint density at radius 2 is 1.84 bits per heavy atom. The van der Waals surface area contributed by atoms with Crippen molar-refractivity contribution in [3.63, 3.8) is 0 Å². The Bertz CT molecular complexity index is 567.